The Balaban J connectivity index is 2.08. The molecule has 4 nitrogen and oxygen atoms in total. The minimum atomic E-state index is 0.154. The molecule has 0 saturated carbocycles. The molecule has 0 saturated heterocycles. The lowest BCUT2D eigenvalue weighted by molar-refractivity contribution is 0.372. The Kier molecular flexibility index (Phi) is 4.38. The predicted octanol–water partition coefficient (Wildman–Crippen LogP) is 2.74. The van der Waals surface area contributed by atoms with Gasteiger partial charge >= 0.3 is 0 Å². The molecule has 2 rings (SSSR count). The summed E-state index contributed by atoms with van der Waals surface area (Å²) in [7, 11) is 0. The van der Waals surface area contributed by atoms with Crippen LogP contribution in [0.5, 0.6) is 0 Å². The van der Waals surface area contributed by atoms with Crippen molar-refractivity contribution in [3.8, 4) is 11.4 Å². The maximum absolute atomic E-state index is 5.70. The summed E-state index contributed by atoms with van der Waals surface area (Å²) in [6.07, 6.45) is 3.63. The van der Waals surface area contributed by atoms with Crippen LogP contribution in [-0.2, 0) is 6.42 Å². The summed E-state index contributed by atoms with van der Waals surface area (Å²) in [5, 5.41) is 3.99. The summed E-state index contributed by atoms with van der Waals surface area (Å²) in [4.78, 5) is 5.59. The number of benzene rings is 1. The van der Waals surface area contributed by atoms with Gasteiger partial charge in [-0.3, -0.25) is 0 Å². The molecular weight excluding hydrogens is 246 g/mol. The van der Waals surface area contributed by atoms with Crippen molar-refractivity contribution in [3.63, 3.8) is 0 Å². The van der Waals surface area contributed by atoms with Crippen LogP contribution in [-0.4, -0.2) is 22.4 Å². The highest BCUT2D eigenvalue weighted by Crippen LogP contribution is 2.21. The molecule has 0 radical (unpaired) electrons. The molecular formula is C13H17N3OS. The van der Waals surface area contributed by atoms with E-state index in [2.05, 4.69) is 28.5 Å². The normalized spacial score (nSPS) is 12.6. The molecule has 1 aromatic heterocycles. The largest absolute Gasteiger partial charge is 0.339 e. The number of nitrogens with two attached hydrogens (primary N) is 1. The van der Waals surface area contributed by atoms with Gasteiger partial charge < -0.3 is 10.3 Å². The average molecular weight is 263 g/mol. The lowest BCUT2D eigenvalue weighted by Crippen LogP contribution is -2.15. The van der Waals surface area contributed by atoms with Crippen LogP contribution in [0.3, 0.4) is 0 Å². The van der Waals surface area contributed by atoms with Gasteiger partial charge in [0, 0.05) is 22.9 Å². The molecule has 0 bridgehead atoms. The second-order valence-corrected chi connectivity index (χ2v) is 5.14. The molecule has 0 aliphatic carbocycles. The highest BCUT2D eigenvalue weighted by Gasteiger charge is 2.09. The van der Waals surface area contributed by atoms with E-state index in [9.17, 15) is 0 Å². The van der Waals surface area contributed by atoms with E-state index < -0.39 is 0 Å². The van der Waals surface area contributed by atoms with E-state index in [-0.39, 0.29) is 6.04 Å². The number of hydrogen-bond acceptors (Lipinski definition) is 5. The van der Waals surface area contributed by atoms with Gasteiger partial charge in [0.15, 0.2) is 0 Å². The van der Waals surface area contributed by atoms with E-state index in [4.69, 9.17) is 10.3 Å². The molecule has 0 amide bonds. The van der Waals surface area contributed by atoms with Crippen LogP contribution in [0.15, 0.2) is 33.7 Å². The zero-order valence-corrected chi connectivity index (χ0v) is 11.4. The van der Waals surface area contributed by atoms with Crippen molar-refractivity contribution in [1.29, 1.82) is 0 Å². The van der Waals surface area contributed by atoms with E-state index in [0.717, 1.165) is 18.4 Å². The van der Waals surface area contributed by atoms with Crippen molar-refractivity contribution < 1.29 is 4.52 Å². The van der Waals surface area contributed by atoms with Gasteiger partial charge in [-0.1, -0.05) is 5.16 Å². The topological polar surface area (TPSA) is 64.9 Å². The molecule has 1 heterocycles. The number of rotatable bonds is 5. The summed E-state index contributed by atoms with van der Waals surface area (Å²) < 4.78 is 5.20. The second-order valence-electron chi connectivity index (χ2n) is 4.26. The molecule has 0 fully saturated rings. The van der Waals surface area contributed by atoms with Gasteiger partial charge in [0.2, 0.25) is 11.7 Å². The number of nitrogens with zero attached hydrogens (tertiary/aromatic N) is 2. The lowest BCUT2D eigenvalue weighted by atomic mass is 10.2. The maximum Gasteiger partial charge on any atom is 0.227 e. The molecule has 18 heavy (non-hydrogen) atoms. The summed E-state index contributed by atoms with van der Waals surface area (Å²) >= 11 is 1.71. The monoisotopic (exact) mass is 263 g/mol. The molecule has 0 spiro atoms. The molecule has 96 valence electrons. The van der Waals surface area contributed by atoms with Crippen LogP contribution in [0.1, 0.15) is 19.2 Å². The van der Waals surface area contributed by atoms with Gasteiger partial charge in [0.1, 0.15) is 0 Å². The van der Waals surface area contributed by atoms with Crippen molar-refractivity contribution >= 4 is 11.8 Å². The van der Waals surface area contributed by atoms with E-state index in [1.165, 1.54) is 4.90 Å². The summed E-state index contributed by atoms with van der Waals surface area (Å²) in [5.41, 5.74) is 6.67. The number of aromatic nitrogens is 2. The Morgan fingerprint density at radius 2 is 2.06 bits per heavy atom. The Morgan fingerprint density at radius 3 is 2.67 bits per heavy atom. The second kappa shape index (κ2) is 6.02. The van der Waals surface area contributed by atoms with Gasteiger partial charge in [0.05, 0.1) is 0 Å². The molecule has 1 aromatic carbocycles. The Morgan fingerprint density at radius 1 is 1.33 bits per heavy atom. The quantitative estimate of drug-likeness (QED) is 0.840. The third-order valence-corrected chi connectivity index (χ3v) is 3.37. The smallest absolute Gasteiger partial charge is 0.227 e. The fraction of sp³-hybridized carbons (Fsp3) is 0.385. The van der Waals surface area contributed by atoms with Crippen molar-refractivity contribution in [2.24, 2.45) is 5.73 Å². The van der Waals surface area contributed by atoms with Gasteiger partial charge in [-0.2, -0.15) is 4.98 Å². The van der Waals surface area contributed by atoms with E-state index in [1.54, 1.807) is 11.8 Å². The summed E-state index contributed by atoms with van der Waals surface area (Å²) in [6.45, 7) is 1.97. The van der Waals surface area contributed by atoms with E-state index in [1.807, 2.05) is 19.1 Å². The van der Waals surface area contributed by atoms with Crippen molar-refractivity contribution in [3.05, 3.63) is 30.2 Å². The zero-order chi connectivity index (χ0) is 13.0. The molecule has 2 aromatic rings. The van der Waals surface area contributed by atoms with Crippen LogP contribution in [0.4, 0.5) is 0 Å². The third-order valence-electron chi connectivity index (χ3n) is 2.63. The third kappa shape index (κ3) is 3.34. The molecule has 2 N–H and O–H groups in total. The lowest BCUT2D eigenvalue weighted by Gasteiger charge is -1.99. The Bertz CT molecular complexity index is 493. The highest BCUT2D eigenvalue weighted by atomic mass is 32.2. The van der Waals surface area contributed by atoms with Crippen LogP contribution >= 0.6 is 11.8 Å². The van der Waals surface area contributed by atoms with E-state index >= 15 is 0 Å². The van der Waals surface area contributed by atoms with Crippen LogP contribution in [0, 0.1) is 0 Å². The average Bonchev–Trinajstić information content (AvgIpc) is 2.85. The fourth-order valence-corrected chi connectivity index (χ4v) is 1.97. The first-order valence-electron chi connectivity index (χ1n) is 5.91. The van der Waals surface area contributed by atoms with Crippen molar-refractivity contribution in [2.75, 3.05) is 6.26 Å². The first kappa shape index (κ1) is 13.1. The fourth-order valence-electron chi connectivity index (χ4n) is 1.56. The summed E-state index contributed by atoms with van der Waals surface area (Å²) in [6, 6.07) is 8.27. The van der Waals surface area contributed by atoms with Gasteiger partial charge in [-0.25, -0.2) is 0 Å². The van der Waals surface area contributed by atoms with Crippen molar-refractivity contribution in [2.45, 2.75) is 30.7 Å². The highest BCUT2D eigenvalue weighted by molar-refractivity contribution is 7.98. The van der Waals surface area contributed by atoms with E-state index in [0.29, 0.717) is 11.7 Å². The molecule has 0 aliphatic rings. The molecule has 1 unspecified atom stereocenters. The Hall–Kier alpha value is -1.33. The number of thioether (sulfide) groups is 1. The maximum atomic E-state index is 5.70. The SMILES string of the molecule is CSc1ccc(-c2noc(CCC(C)N)n2)cc1. The standard InChI is InChI=1S/C13H17N3OS/c1-9(14)3-8-12-15-13(16-17-12)10-4-6-11(18-2)7-5-10/h4-7,9H,3,8,14H2,1-2H3. The van der Waals surface area contributed by atoms with Gasteiger partial charge in [-0.05, 0) is 43.9 Å². The van der Waals surface area contributed by atoms with Crippen LogP contribution in [0.2, 0.25) is 0 Å². The Labute approximate surface area is 111 Å². The van der Waals surface area contributed by atoms with Crippen LogP contribution < -0.4 is 5.73 Å². The molecule has 1 atom stereocenters. The van der Waals surface area contributed by atoms with Gasteiger partial charge in [0.25, 0.3) is 0 Å². The first-order chi connectivity index (χ1) is 8.69. The number of hydrogen-bond donors (Lipinski definition) is 1. The minimum absolute atomic E-state index is 0.154. The summed E-state index contributed by atoms with van der Waals surface area (Å²) in [5.74, 6) is 1.29. The van der Waals surface area contributed by atoms with Crippen molar-refractivity contribution in [1.82, 2.24) is 10.1 Å². The van der Waals surface area contributed by atoms with Gasteiger partial charge in [-0.15, -0.1) is 11.8 Å². The zero-order valence-electron chi connectivity index (χ0n) is 10.6. The van der Waals surface area contributed by atoms with Crippen LogP contribution in [0.25, 0.3) is 11.4 Å². The number of aryl methyl sites for hydroxylation is 1. The minimum Gasteiger partial charge on any atom is -0.339 e. The predicted molar refractivity (Wildman–Crippen MR) is 73.5 cm³/mol. The molecule has 5 heteroatoms. The first-order valence-corrected chi connectivity index (χ1v) is 7.14. The molecule has 0 aliphatic heterocycles.